The van der Waals surface area contributed by atoms with Crippen molar-refractivity contribution in [3.8, 4) is 17.2 Å². The Hall–Kier alpha value is -3.91. The molecule has 4 aromatic rings. The Morgan fingerprint density at radius 3 is 2.41 bits per heavy atom. The quantitative estimate of drug-likeness (QED) is 0.480. The molecule has 0 radical (unpaired) electrons. The van der Waals surface area contributed by atoms with E-state index in [1.807, 2.05) is 24.7 Å². The number of aromatic nitrogens is 2. The molecule has 5 nitrogen and oxygen atoms in total. The van der Waals surface area contributed by atoms with Gasteiger partial charge in [-0.25, -0.2) is 4.98 Å². The highest BCUT2D eigenvalue weighted by Crippen LogP contribution is 2.25. The van der Waals surface area contributed by atoms with E-state index in [0.29, 0.717) is 5.56 Å². The second-order valence-corrected chi connectivity index (χ2v) is 6.48. The number of pyridine rings is 1. The molecule has 0 aliphatic rings. The predicted octanol–water partition coefficient (Wildman–Crippen LogP) is 4.71. The molecule has 0 unspecified atom stereocenters. The lowest BCUT2D eigenvalue weighted by Crippen LogP contribution is -2.13. The van der Waals surface area contributed by atoms with Crippen molar-refractivity contribution in [1.82, 2.24) is 9.38 Å². The minimum atomic E-state index is 0.595. The molecular formula is C24H22N4O. The van der Waals surface area contributed by atoms with Gasteiger partial charge in [-0.05, 0) is 42.3 Å². The van der Waals surface area contributed by atoms with Crippen molar-refractivity contribution in [3.05, 3.63) is 90.5 Å². The number of imidazole rings is 1. The number of benzene rings is 2. The van der Waals surface area contributed by atoms with E-state index in [0.717, 1.165) is 24.0 Å². The number of carbonyl (C=O) groups excluding carboxylic acids is 1. The first-order valence-corrected chi connectivity index (χ1v) is 9.35. The SMILES string of the molecule is CCc1c(-c2ccccc2)ccc2cncn12.CN(C=O)c1ccc(C#N)cc1. The van der Waals surface area contributed by atoms with Crippen molar-refractivity contribution in [1.29, 1.82) is 5.26 Å². The van der Waals surface area contributed by atoms with Crippen molar-refractivity contribution in [3.63, 3.8) is 0 Å². The van der Waals surface area contributed by atoms with E-state index >= 15 is 0 Å². The van der Waals surface area contributed by atoms with Gasteiger partial charge in [0.05, 0.1) is 29.7 Å². The second kappa shape index (κ2) is 9.34. The topological polar surface area (TPSA) is 61.4 Å². The van der Waals surface area contributed by atoms with Crippen LogP contribution < -0.4 is 4.90 Å². The van der Waals surface area contributed by atoms with Crippen LogP contribution in [-0.2, 0) is 11.2 Å². The number of nitrogens with zero attached hydrogens (tertiary/aromatic N) is 4. The van der Waals surface area contributed by atoms with Crippen LogP contribution in [0.2, 0.25) is 0 Å². The molecule has 0 bridgehead atoms. The maximum Gasteiger partial charge on any atom is 0.213 e. The number of hydrogen-bond donors (Lipinski definition) is 0. The average molecular weight is 382 g/mol. The lowest BCUT2D eigenvalue weighted by molar-refractivity contribution is -0.107. The summed E-state index contributed by atoms with van der Waals surface area (Å²) in [4.78, 5) is 16.0. The Morgan fingerprint density at radius 1 is 1.07 bits per heavy atom. The van der Waals surface area contributed by atoms with Gasteiger partial charge in [-0.15, -0.1) is 0 Å². The number of nitriles is 1. The fraction of sp³-hybridized carbons (Fsp3) is 0.125. The lowest BCUT2D eigenvalue weighted by Gasteiger charge is -2.10. The third-order valence-electron chi connectivity index (χ3n) is 4.67. The smallest absolute Gasteiger partial charge is 0.213 e. The molecule has 2 aromatic carbocycles. The van der Waals surface area contributed by atoms with Gasteiger partial charge in [0.1, 0.15) is 0 Å². The number of aryl methyl sites for hydroxylation is 1. The number of amides is 1. The molecule has 2 heterocycles. The van der Waals surface area contributed by atoms with Crippen LogP contribution in [0.15, 0.2) is 79.3 Å². The van der Waals surface area contributed by atoms with Gasteiger partial charge in [0.15, 0.2) is 0 Å². The summed E-state index contributed by atoms with van der Waals surface area (Å²) in [5, 5.41) is 8.49. The van der Waals surface area contributed by atoms with E-state index in [2.05, 4.69) is 52.7 Å². The zero-order valence-corrected chi connectivity index (χ0v) is 16.5. The normalized spacial score (nSPS) is 9.97. The number of rotatable bonds is 4. The Kier molecular flexibility index (Phi) is 6.39. The molecule has 0 N–H and O–H groups in total. The van der Waals surface area contributed by atoms with Gasteiger partial charge in [0, 0.05) is 24.0 Å². The van der Waals surface area contributed by atoms with Crippen molar-refractivity contribution < 1.29 is 4.79 Å². The molecule has 5 heteroatoms. The van der Waals surface area contributed by atoms with Crippen LogP contribution in [0.4, 0.5) is 5.69 Å². The van der Waals surface area contributed by atoms with Crippen molar-refractivity contribution >= 4 is 17.6 Å². The Balaban J connectivity index is 0.000000177. The first kappa shape index (κ1) is 19.8. The summed E-state index contributed by atoms with van der Waals surface area (Å²) in [6.07, 6.45) is 5.51. The molecule has 0 saturated heterocycles. The molecule has 0 fully saturated rings. The maximum atomic E-state index is 10.3. The van der Waals surface area contributed by atoms with E-state index < -0.39 is 0 Å². The highest BCUT2D eigenvalue weighted by atomic mass is 16.1. The zero-order chi connectivity index (χ0) is 20.6. The van der Waals surface area contributed by atoms with Crippen LogP contribution in [0.25, 0.3) is 16.6 Å². The van der Waals surface area contributed by atoms with Gasteiger partial charge in [-0.3, -0.25) is 4.79 Å². The monoisotopic (exact) mass is 382 g/mol. The third-order valence-corrected chi connectivity index (χ3v) is 4.67. The van der Waals surface area contributed by atoms with Gasteiger partial charge in [-0.2, -0.15) is 5.26 Å². The largest absolute Gasteiger partial charge is 0.318 e. The zero-order valence-electron chi connectivity index (χ0n) is 16.5. The predicted molar refractivity (Wildman–Crippen MR) is 116 cm³/mol. The molecule has 0 aliphatic heterocycles. The van der Waals surface area contributed by atoms with E-state index in [9.17, 15) is 4.79 Å². The van der Waals surface area contributed by atoms with Crippen molar-refractivity contribution in [2.24, 2.45) is 0 Å². The Labute approximate surface area is 170 Å². The third kappa shape index (κ3) is 4.50. The van der Waals surface area contributed by atoms with Crippen LogP contribution in [0.3, 0.4) is 0 Å². The van der Waals surface area contributed by atoms with Crippen LogP contribution in [0.5, 0.6) is 0 Å². The minimum absolute atomic E-state index is 0.595. The molecule has 0 spiro atoms. The first-order valence-electron chi connectivity index (χ1n) is 9.35. The Morgan fingerprint density at radius 2 is 1.79 bits per heavy atom. The van der Waals surface area contributed by atoms with Gasteiger partial charge < -0.3 is 9.30 Å². The molecule has 29 heavy (non-hydrogen) atoms. The average Bonchev–Trinajstić information content (AvgIpc) is 3.28. The first-order chi connectivity index (χ1) is 14.2. The molecular weight excluding hydrogens is 360 g/mol. The summed E-state index contributed by atoms with van der Waals surface area (Å²) < 4.78 is 2.17. The summed E-state index contributed by atoms with van der Waals surface area (Å²) in [6.45, 7) is 2.18. The van der Waals surface area contributed by atoms with Gasteiger partial charge in [0.2, 0.25) is 6.41 Å². The van der Waals surface area contributed by atoms with Crippen LogP contribution in [0.1, 0.15) is 18.2 Å². The number of hydrogen-bond acceptors (Lipinski definition) is 3. The van der Waals surface area contributed by atoms with Crippen LogP contribution in [0, 0.1) is 11.3 Å². The van der Waals surface area contributed by atoms with E-state index in [1.165, 1.54) is 21.7 Å². The van der Waals surface area contributed by atoms with E-state index in [1.54, 1.807) is 31.3 Å². The highest BCUT2D eigenvalue weighted by molar-refractivity contribution is 5.74. The van der Waals surface area contributed by atoms with Crippen LogP contribution in [-0.4, -0.2) is 22.8 Å². The summed E-state index contributed by atoms with van der Waals surface area (Å²) in [6, 6.07) is 23.6. The van der Waals surface area contributed by atoms with E-state index in [-0.39, 0.29) is 0 Å². The van der Waals surface area contributed by atoms with Gasteiger partial charge >= 0.3 is 0 Å². The van der Waals surface area contributed by atoms with Gasteiger partial charge in [0.25, 0.3) is 0 Å². The number of anilines is 1. The molecule has 1 amide bonds. The summed E-state index contributed by atoms with van der Waals surface area (Å²) >= 11 is 0. The van der Waals surface area contributed by atoms with Crippen molar-refractivity contribution in [2.45, 2.75) is 13.3 Å². The summed E-state index contributed by atoms with van der Waals surface area (Å²) in [5.74, 6) is 0. The van der Waals surface area contributed by atoms with Crippen molar-refractivity contribution in [2.75, 3.05) is 11.9 Å². The lowest BCUT2D eigenvalue weighted by atomic mass is 10.0. The molecule has 4 rings (SSSR count). The minimum Gasteiger partial charge on any atom is -0.318 e. The van der Waals surface area contributed by atoms with Gasteiger partial charge in [-0.1, -0.05) is 43.3 Å². The number of carbonyl (C=O) groups is 1. The number of fused-ring (bicyclic) bond motifs is 1. The summed E-state index contributed by atoms with van der Waals surface area (Å²) in [5.41, 5.74) is 6.40. The molecule has 144 valence electrons. The van der Waals surface area contributed by atoms with Crippen LogP contribution >= 0.6 is 0 Å². The standard InChI is InChI=1S/C15H14N2.C9H8N2O/c1-2-15-14(12-6-4-3-5-7-12)9-8-13-10-16-11-17(13)15;1-11(7-12)9-4-2-8(6-10)3-5-9/h3-11H,2H2,1H3;2-5,7H,1H3. The molecule has 0 saturated carbocycles. The fourth-order valence-electron chi connectivity index (χ4n) is 3.12. The summed E-state index contributed by atoms with van der Waals surface area (Å²) in [7, 11) is 1.66. The van der Waals surface area contributed by atoms with E-state index in [4.69, 9.17) is 5.26 Å². The Bertz CT molecular complexity index is 1130. The maximum absolute atomic E-state index is 10.3. The molecule has 2 aromatic heterocycles. The fourth-order valence-corrected chi connectivity index (χ4v) is 3.12. The second-order valence-electron chi connectivity index (χ2n) is 6.48. The molecule has 0 atom stereocenters. The highest BCUT2D eigenvalue weighted by Gasteiger charge is 2.07. The molecule has 0 aliphatic carbocycles.